The Bertz CT molecular complexity index is 752. The minimum Gasteiger partial charge on any atom is -0.363 e. The second-order valence-electron chi connectivity index (χ2n) is 12.9. The van der Waals surface area contributed by atoms with Gasteiger partial charge in [-0.05, 0) is 90.5 Å². The van der Waals surface area contributed by atoms with Crippen LogP contribution in [0.4, 0.5) is 0 Å². The van der Waals surface area contributed by atoms with Crippen molar-refractivity contribution < 1.29 is 14.7 Å². The molecule has 0 atom stereocenters. The van der Waals surface area contributed by atoms with Gasteiger partial charge in [-0.25, -0.2) is 0 Å². The molecule has 0 bridgehead atoms. The highest BCUT2D eigenvalue weighted by molar-refractivity contribution is 6.09. The van der Waals surface area contributed by atoms with Crippen LogP contribution in [0.5, 0.6) is 0 Å². The standard InChI is InChI=1S/C41H73NO3/c1-5-8-10-12-14-16-18-20-22-24-26-28-30-32-34-36-39(43)41(45,42(4)38-7-3)40(44)37-35-33-31-29-27-25-23-21-19-17-15-13-11-9-6-2/h14-17,20-23,45H,5-13,18-19,24-38H2,1-4H3/b16-14-,17-15-,22-20-,23-21-. The van der Waals surface area contributed by atoms with E-state index in [2.05, 4.69) is 62.5 Å². The van der Waals surface area contributed by atoms with Crippen molar-refractivity contribution in [1.29, 1.82) is 0 Å². The minimum absolute atomic E-state index is 0.267. The Labute approximate surface area is 279 Å². The van der Waals surface area contributed by atoms with E-state index in [0.29, 0.717) is 6.54 Å². The molecule has 0 saturated heterocycles. The zero-order valence-corrected chi connectivity index (χ0v) is 30.2. The van der Waals surface area contributed by atoms with E-state index < -0.39 is 5.72 Å². The average Bonchev–Trinajstić information content (AvgIpc) is 3.04. The first kappa shape index (κ1) is 43.2. The van der Waals surface area contributed by atoms with E-state index in [0.717, 1.165) is 83.5 Å². The molecule has 0 aromatic heterocycles. The fraction of sp³-hybridized carbons (Fsp3) is 0.756. The van der Waals surface area contributed by atoms with Gasteiger partial charge in [-0.1, -0.05) is 134 Å². The molecule has 0 heterocycles. The van der Waals surface area contributed by atoms with Crippen molar-refractivity contribution >= 4 is 11.6 Å². The first-order valence-electron chi connectivity index (χ1n) is 19.0. The fourth-order valence-corrected chi connectivity index (χ4v) is 5.62. The molecule has 260 valence electrons. The summed E-state index contributed by atoms with van der Waals surface area (Å²) in [5, 5.41) is 11.4. The summed E-state index contributed by atoms with van der Waals surface area (Å²) in [6.45, 7) is 7.01. The highest BCUT2D eigenvalue weighted by Crippen LogP contribution is 2.22. The molecule has 0 aliphatic heterocycles. The number of likely N-dealkylation sites (N-methyl/N-ethyl adjacent to an activating group) is 1. The highest BCUT2D eigenvalue weighted by atomic mass is 16.3. The zero-order chi connectivity index (χ0) is 33.3. The van der Waals surface area contributed by atoms with Gasteiger partial charge in [0.25, 0.3) is 0 Å². The van der Waals surface area contributed by atoms with Crippen LogP contribution >= 0.6 is 0 Å². The molecule has 0 spiro atoms. The first-order valence-corrected chi connectivity index (χ1v) is 19.0. The minimum atomic E-state index is -1.97. The van der Waals surface area contributed by atoms with E-state index in [4.69, 9.17) is 0 Å². The molecule has 0 aliphatic carbocycles. The summed E-state index contributed by atoms with van der Waals surface area (Å²) in [6.07, 6.45) is 44.2. The number of allylic oxidation sites excluding steroid dienone is 8. The van der Waals surface area contributed by atoms with Crippen molar-refractivity contribution in [2.75, 3.05) is 13.6 Å². The Hall–Kier alpha value is -1.78. The van der Waals surface area contributed by atoms with Gasteiger partial charge in [-0.15, -0.1) is 0 Å². The molecule has 0 fully saturated rings. The Balaban J connectivity index is 4.19. The summed E-state index contributed by atoms with van der Waals surface area (Å²) in [7, 11) is 1.71. The Morgan fingerprint density at radius 1 is 0.489 bits per heavy atom. The molecule has 0 aromatic rings. The molecule has 0 aliphatic rings. The quantitative estimate of drug-likeness (QED) is 0.0340. The smallest absolute Gasteiger partial charge is 0.238 e. The van der Waals surface area contributed by atoms with E-state index in [9.17, 15) is 14.7 Å². The topological polar surface area (TPSA) is 57.6 Å². The summed E-state index contributed by atoms with van der Waals surface area (Å²) in [6, 6.07) is 0. The Morgan fingerprint density at radius 3 is 1.18 bits per heavy atom. The molecule has 0 aromatic carbocycles. The van der Waals surface area contributed by atoms with Crippen molar-refractivity contribution in [3.8, 4) is 0 Å². The molecule has 0 radical (unpaired) electrons. The van der Waals surface area contributed by atoms with Crippen molar-refractivity contribution in [2.24, 2.45) is 0 Å². The lowest BCUT2D eigenvalue weighted by Crippen LogP contribution is -2.59. The van der Waals surface area contributed by atoms with E-state index in [1.807, 2.05) is 6.92 Å². The number of carbonyl (C=O) groups excluding carboxylic acids is 2. The largest absolute Gasteiger partial charge is 0.363 e. The number of Topliss-reactive ketones (excluding diaryl/α,β-unsaturated/α-hetero) is 2. The molecule has 4 nitrogen and oxygen atoms in total. The van der Waals surface area contributed by atoms with Gasteiger partial charge in [0.15, 0.2) is 11.6 Å². The average molecular weight is 628 g/mol. The third-order valence-corrected chi connectivity index (χ3v) is 8.60. The highest BCUT2D eigenvalue weighted by Gasteiger charge is 2.45. The van der Waals surface area contributed by atoms with Crippen molar-refractivity contribution in [3.63, 3.8) is 0 Å². The van der Waals surface area contributed by atoms with Crippen LogP contribution in [-0.4, -0.2) is 40.9 Å². The number of ketones is 2. The van der Waals surface area contributed by atoms with Crippen LogP contribution in [0, 0.1) is 0 Å². The molecule has 0 amide bonds. The van der Waals surface area contributed by atoms with Crippen LogP contribution in [-0.2, 0) is 9.59 Å². The van der Waals surface area contributed by atoms with Gasteiger partial charge in [-0.2, -0.15) is 0 Å². The van der Waals surface area contributed by atoms with Crippen molar-refractivity contribution in [2.45, 2.75) is 187 Å². The summed E-state index contributed by atoms with van der Waals surface area (Å²) in [4.78, 5) is 27.9. The maximum absolute atomic E-state index is 13.2. The molecular formula is C41H73NO3. The molecule has 45 heavy (non-hydrogen) atoms. The lowest BCUT2D eigenvalue weighted by atomic mass is 9.92. The zero-order valence-electron chi connectivity index (χ0n) is 30.2. The van der Waals surface area contributed by atoms with E-state index in [1.54, 1.807) is 11.9 Å². The number of hydrogen-bond donors (Lipinski definition) is 1. The van der Waals surface area contributed by atoms with Crippen LogP contribution < -0.4 is 0 Å². The number of unbranched alkanes of at least 4 members (excludes halogenated alkanes) is 16. The molecular weight excluding hydrogens is 554 g/mol. The van der Waals surface area contributed by atoms with Gasteiger partial charge < -0.3 is 5.11 Å². The SMILES string of the molecule is CCCCC/C=C\C/C=C\CCCCCCCC(=O)C(O)(C(=O)CCCCCCC/C=C\C/C=C\CCCCC)N(C)CCC. The summed E-state index contributed by atoms with van der Waals surface area (Å²) in [5.41, 5.74) is -1.97. The summed E-state index contributed by atoms with van der Waals surface area (Å²) in [5.74, 6) is -0.645. The van der Waals surface area contributed by atoms with Crippen LogP contribution in [0.1, 0.15) is 181 Å². The number of aliphatic hydroxyl groups is 1. The van der Waals surface area contributed by atoms with Crippen LogP contribution in [0.3, 0.4) is 0 Å². The molecule has 1 N–H and O–H groups in total. The van der Waals surface area contributed by atoms with Gasteiger partial charge in [0, 0.05) is 19.4 Å². The van der Waals surface area contributed by atoms with Crippen LogP contribution in [0.15, 0.2) is 48.6 Å². The number of carbonyl (C=O) groups is 2. The van der Waals surface area contributed by atoms with Gasteiger partial charge >= 0.3 is 0 Å². The third kappa shape index (κ3) is 24.1. The normalized spacial score (nSPS) is 12.7. The molecule has 0 saturated carbocycles. The summed E-state index contributed by atoms with van der Waals surface area (Å²) < 4.78 is 0. The van der Waals surface area contributed by atoms with Crippen LogP contribution in [0.2, 0.25) is 0 Å². The molecule has 4 heteroatoms. The monoisotopic (exact) mass is 628 g/mol. The number of rotatable bonds is 33. The first-order chi connectivity index (χ1) is 21.9. The predicted octanol–water partition coefficient (Wildman–Crippen LogP) is 11.8. The molecule has 0 rings (SSSR count). The van der Waals surface area contributed by atoms with Gasteiger partial charge in [0.1, 0.15) is 0 Å². The molecule has 0 unspecified atom stereocenters. The van der Waals surface area contributed by atoms with Crippen molar-refractivity contribution in [3.05, 3.63) is 48.6 Å². The Morgan fingerprint density at radius 2 is 0.822 bits per heavy atom. The van der Waals surface area contributed by atoms with Gasteiger partial charge in [-0.3, -0.25) is 14.5 Å². The maximum atomic E-state index is 13.2. The fourth-order valence-electron chi connectivity index (χ4n) is 5.62. The third-order valence-electron chi connectivity index (χ3n) is 8.60. The Kier molecular flexibility index (Phi) is 30.9. The lowest BCUT2D eigenvalue weighted by molar-refractivity contribution is -0.170. The number of nitrogens with zero attached hydrogens (tertiary/aromatic N) is 1. The van der Waals surface area contributed by atoms with Gasteiger partial charge in [0.2, 0.25) is 5.72 Å². The summed E-state index contributed by atoms with van der Waals surface area (Å²) >= 11 is 0. The second kappa shape index (κ2) is 32.2. The van der Waals surface area contributed by atoms with Gasteiger partial charge in [0.05, 0.1) is 0 Å². The van der Waals surface area contributed by atoms with E-state index >= 15 is 0 Å². The lowest BCUT2D eigenvalue weighted by Gasteiger charge is -2.34. The predicted molar refractivity (Wildman–Crippen MR) is 197 cm³/mol. The van der Waals surface area contributed by atoms with Crippen molar-refractivity contribution in [1.82, 2.24) is 4.90 Å². The number of hydrogen-bond acceptors (Lipinski definition) is 4. The second-order valence-corrected chi connectivity index (χ2v) is 12.9. The maximum Gasteiger partial charge on any atom is 0.238 e. The van der Waals surface area contributed by atoms with E-state index in [-0.39, 0.29) is 24.4 Å². The van der Waals surface area contributed by atoms with Crippen LogP contribution in [0.25, 0.3) is 0 Å². The van der Waals surface area contributed by atoms with E-state index in [1.165, 1.54) is 64.2 Å².